The van der Waals surface area contributed by atoms with Gasteiger partial charge in [-0.15, -0.1) is 0 Å². The van der Waals surface area contributed by atoms with Crippen LogP contribution >= 0.6 is 0 Å². The van der Waals surface area contributed by atoms with Crippen LogP contribution in [0.1, 0.15) is 28.7 Å². The van der Waals surface area contributed by atoms with Gasteiger partial charge in [0.2, 0.25) is 0 Å². The van der Waals surface area contributed by atoms with E-state index in [1.807, 2.05) is 55.5 Å². The maximum atomic E-state index is 12.0. The molecule has 0 N–H and O–H groups in total. The van der Waals surface area contributed by atoms with Crippen molar-refractivity contribution in [1.82, 2.24) is 9.97 Å². The van der Waals surface area contributed by atoms with Gasteiger partial charge in [-0.2, -0.15) is 0 Å². The molecule has 0 atom stereocenters. The minimum Gasteiger partial charge on any atom is -0.489 e. The lowest BCUT2D eigenvalue weighted by molar-refractivity contribution is 0.0519. The normalized spacial score (nSPS) is 10.8. The summed E-state index contributed by atoms with van der Waals surface area (Å²) in [6.07, 6.45) is 1.54. The maximum absolute atomic E-state index is 12.0. The lowest BCUT2D eigenvalue weighted by atomic mass is 10.1. The van der Waals surface area contributed by atoms with Crippen molar-refractivity contribution in [2.24, 2.45) is 0 Å². The number of hydrogen-bond donors (Lipinski definition) is 0. The fraction of sp³-hybridized carbons (Fsp3) is 0.174. The van der Waals surface area contributed by atoms with E-state index in [1.165, 1.54) is 6.07 Å². The van der Waals surface area contributed by atoms with Crippen LogP contribution in [0.25, 0.3) is 22.4 Å². The lowest BCUT2D eigenvalue weighted by Gasteiger charge is -2.07. The van der Waals surface area contributed by atoms with Crippen molar-refractivity contribution >= 4 is 16.9 Å². The molecular weight excluding hydrogens is 368 g/mol. The first-order valence-corrected chi connectivity index (χ1v) is 9.36. The van der Waals surface area contributed by atoms with Gasteiger partial charge in [0.25, 0.3) is 0 Å². The van der Waals surface area contributed by atoms with Gasteiger partial charge < -0.3 is 13.9 Å². The summed E-state index contributed by atoms with van der Waals surface area (Å²) in [5.41, 5.74) is 2.73. The molecule has 0 radical (unpaired) electrons. The molecule has 2 aromatic carbocycles. The van der Waals surface area contributed by atoms with E-state index in [9.17, 15) is 4.79 Å². The average molecular weight is 388 g/mol. The van der Waals surface area contributed by atoms with Gasteiger partial charge in [-0.25, -0.2) is 14.8 Å². The quantitative estimate of drug-likeness (QED) is 0.435. The zero-order valence-corrected chi connectivity index (χ0v) is 16.2. The second-order valence-electron chi connectivity index (χ2n) is 6.45. The van der Waals surface area contributed by atoms with E-state index >= 15 is 0 Å². The summed E-state index contributed by atoms with van der Waals surface area (Å²) in [5, 5.41) is 0.828. The van der Waals surface area contributed by atoms with Crippen LogP contribution in [0.2, 0.25) is 0 Å². The number of benzene rings is 2. The Labute approximate surface area is 168 Å². The molecule has 0 spiro atoms. The van der Waals surface area contributed by atoms with E-state index in [-0.39, 0.29) is 12.3 Å². The molecule has 0 saturated carbocycles. The number of esters is 1. The van der Waals surface area contributed by atoms with Crippen LogP contribution in [0.5, 0.6) is 5.75 Å². The smallest absolute Gasteiger partial charge is 0.357 e. The van der Waals surface area contributed by atoms with E-state index in [0.29, 0.717) is 29.5 Å². The fourth-order valence-electron chi connectivity index (χ4n) is 3.11. The highest BCUT2D eigenvalue weighted by Crippen LogP contribution is 2.35. The molecule has 2 heterocycles. The molecule has 4 rings (SSSR count). The molecule has 6 heteroatoms. The van der Waals surface area contributed by atoms with Crippen LogP contribution in [0.4, 0.5) is 0 Å². The Bertz CT molecular complexity index is 1150. The molecule has 0 aliphatic rings. The van der Waals surface area contributed by atoms with E-state index in [0.717, 1.165) is 16.5 Å². The second kappa shape index (κ2) is 8.14. The number of aromatic nitrogens is 2. The SMILES string of the molecule is CCOC(=O)c1ccnc(-c2c(C)oc3ccc(OCc4ccccc4)cc23)n1. The minimum absolute atomic E-state index is 0.210. The van der Waals surface area contributed by atoms with Crippen molar-refractivity contribution in [3.63, 3.8) is 0 Å². The van der Waals surface area contributed by atoms with Gasteiger partial charge in [-0.05, 0) is 43.7 Å². The van der Waals surface area contributed by atoms with Crippen LogP contribution in [0.15, 0.2) is 65.2 Å². The third-order valence-electron chi connectivity index (χ3n) is 4.45. The molecule has 0 amide bonds. The number of hydrogen-bond acceptors (Lipinski definition) is 6. The Balaban J connectivity index is 1.68. The van der Waals surface area contributed by atoms with E-state index in [4.69, 9.17) is 13.9 Å². The van der Waals surface area contributed by atoms with Gasteiger partial charge >= 0.3 is 5.97 Å². The Morgan fingerprint density at radius 1 is 1.10 bits per heavy atom. The van der Waals surface area contributed by atoms with Gasteiger partial charge in [0.1, 0.15) is 23.7 Å². The predicted octanol–water partition coefficient (Wildman–Crippen LogP) is 4.95. The number of ether oxygens (including phenoxy) is 2. The molecule has 0 bridgehead atoms. The Kier molecular flexibility index (Phi) is 5.24. The molecule has 146 valence electrons. The predicted molar refractivity (Wildman–Crippen MR) is 109 cm³/mol. The topological polar surface area (TPSA) is 74.5 Å². The standard InChI is InChI=1S/C23H20N2O4/c1-3-27-23(26)19-11-12-24-22(25-19)21-15(2)29-20-10-9-17(13-18(20)21)28-14-16-7-5-4-6-8-16/h4-13H,3,14H2,1-2H3. The van der Waals surface area contributed by atoms with Crippen molar-refractivity contribution in [3.05, 3.63) is 77.8 Å². The molecule has 0 aliphatic heterocycles. The monoisotopic (exact) mass is 388 g/mol. The zero-order valence-electron chi connectivity index (χ0n) is 16.2. The highest BCUT2D eigenvalue weighted by Gasteiger charge is 2.18. The summed E-state index contributed by atoms with van der Waals surface area (Å²) in [6.45, 7) is 4.35. The highest BCUT2D eigenvalue weighted by atomic mass is 16.5. The van der Waals surface area contributed by atoms with Gasteiger partial charge in [0, 0.05) is 11.6 Å². The van der Waals surface area contributed by atoms with E-state index in [2.05, 4.69) is 9.97 Å². The van der Waals surface area contributed by atoms with Crippen LogP contribution in [-0.4, -0.2) is 22.5 Å². The van der Waals surface area contributed by atoms with Crippen molar-refractivity contribution in [2.75, 3.05) is 6.61 Å². The van der Waals surface area contributed by atoms with E-state index in [1.54, 1.807) is 13.1 Å². The number of nitrogens with zero attached hydrogens (tertiary/aromatic N) is 2. The fourth-order valence-corrected chi connectivity index (χ4v) is 3.11. The summed E-state index contributed by atoms with van der Waals surface area (Å²) in [5.74, 6) is 1.31. The zero-order chi connectivity index (χ0) is 20.2. The third kappa shape index (κ3) is 3.96. The molecule has 6 nitrogen and oxygen atoms in total. The summed E-state index contributed by atoms with van der Waals surface area (Å²) in [7, 11) is 0. The lowest BCUT2D eigenvalue weighted by Crippen LogP contribution is -2.08. The number of furan rings is 1. The van der Waals surface area contributed by atoms with Crippen LogP contribution in [-0.2, 0) is 11.3 Å². The van der Waals surface area contributed by atoms with Crippen molar-refractivity contribution < 1.29 is 18.7 Å². The summed E-state index contributed by atoms with van der Waals surface area (Å²) >= 11 is 0. The third-order valence-corrected chi connectivity index (χ3v) is 4.45. The molecule has 0 unspecified atom stereocenters. The Morgan fingerprint density at radius 2 is 1.93 bits per heavy atom. The minimum atomic E-state index is -0.478. The Morgan fingerprint density at radius 3 is 2.72 bits per heavy atom. The summed E-state index contributed by atoms with van der Waals surface area (Å²) in [4.78, 5) is 20.8. The molecule has 0 saturated heterocycles. The van der Waals surface area contributed by atoms with Gasteiger partial charge in [-0.3, -0.25) is 0 Å². The van der Waals surface area contributed by atoms with Gasteiger partial charge in [0.15, 0.2) is 11.5 Å². The molecule has 0 aliphatic carbocycles. The number of carbonyl (C=O) groups is 1. The second-order valence-corrected chi connectivity index (χ2v) is 6.45. The first kappa shape index (κ1) is 18.7. The molecule has 0 fully saturated rings. The highest BCUT2D eigenvalue weighted by molar-refractivity contribution is 5.95. The summed E-state index contributed by atoms with van der Waals surface area (Å²) < 4.78 is 16.8. The van der Waals surface area contributed by atoms with Gasteiger partial charge in [-0.1, -0.05) is 30.3 Å². The van der Waals surface area contributed by atoms with E-state index < -0.39 is 5.97 Å². The number of carbonyl (C=O) groups excluding carboxylic acids is 1. The molecule has 29 heavy (non-hydrogen) atoms. The number of aryl methyl sites for hydroxylation is 1. The average Bonchev–Trinajstić information content (AvgIpc) is 3.08. The maximum Gasteiger partial charge on any atom is 0.357 e. The van der Waals surface area contributed by atoms with Crippen LogP contribution in [0.3, 0.4) is 0 Å². The van der Waals surface area contributed by atoms with Crippen LogP contribution in [0, 0.1) is 6.92 Å². The Hall–Kier alpha value is -3.67. The van der Waals surface area contributed by atoms with Crippen molar-refractivity contribution in [1.29, 1.82) is 0 Å². The molecule has 2 aromatic heterocycles. The number of rotatable bonds is 6. The largest absolute Gasteiger partial charge is 0.489 e. The first-order valence-electron chi connectivity index (χ1n) is 9.36. The number of fused-ring (bicyclic) bond motifs is 1. The molecular formula is C23H20N2O4. The van der Waals surface area contributed by atoms with Crippen molar-refractivity contribution in [3.8, 4) is 17.1 Å². The van der Waals surface area contributed by atoms with Crippen LogP contribution < -0.4 is 4.74 Å². The molecule has 4 aromatic rings. The first-order chi connectivity index (χ1) is 14.2. The van der Waals surface area contributed by atoms with Crippen molar-refractivity contribution in [2.45, 2.75) is 20.5 Å². The summed E-state index contributed by atoms with van der Waals surface area (Å²) in [6, 6.07) is 17.1. The van der Waals surface area contributed by atoms with Gasteiger partial charge in [0.05, 0.1) is 12.2 Å².